The van der Waals surface area contributed by atoms with Gasteiger partial charge in [-0.1, -0.05) is 11.6 Å². The van der Waals surface area contributed by atoms with Gasteiger partial charge in [-0.15, -0.1) is 0 Å². The maximum Gasteiger partial charge on any atom is 0.256 e. The van der Waals surface area contributed by atoms with Crippen LogP contribution in [0.3, 0.4) is 0 Å². The van der Waals surface area contributed by atoms with E-state index in [1.165, 1.54) is 11.0 Å². The molecule has 1 aliphatic rings. The molecule has 2 amide bonds. The molecule has 1 heterocycles. The van der Waals surface area contributed by atoms with Crippen LogP contribution >= 0.6 is 11.6 Å². The second-order valence-corrected chi connectivity index (χ2v) is 4.73. The summed E-state index contributed by atoms with van der Waals surface area (Å²) in [6.07, 6.45) is 1.36. The fourth-order valence-electron chi connectivity index (χ4n) is 2.17. The molecule has 4 N–H and O–H groups in total. The van der Waals surface area contributed by atoms with Crippen LogP contribution in [0.15, 0.2) is 18.2 Å². The van der Waals surface area contributed by atoms with Gasteiger partial charge in [0, 0.05) is 17.3 Å². The highest BCUT2D eigenvalue weighted by atomic mass is 35.5. The summed E-state index contributed by atoms with van der Waals surface area (Å²) >= 11 is 5.85. The molecule has 6 heteroatoms. The number of anilines is 1. The molecule has 0 bridgehead atoms. The number of carbonyl (C=O) groups excluding carboxylic acids is 2. The summed E-state index contributed by atoms with van der Waals surface area (Å²) in [4.78, 5) is 25.0. The second kappa shape index (κ2) is 4.86. The molecule has 1 fully saturated rings. The van der Waals surface area contributed by atoms with Gasteiger partial charge in [0.25, 0.3) is 5.91 Å². The number of primary amides is 1. The standard InChI is InChI=1S/C12H14ClN3O2/c13-7-3-4-9(14)8(6-7)12(18)16-5-1-2-10(16)11(15)17/h3-4,6,10H,1-2,5,14H2,(H2,15,17). The van der Waals surface area contributed by atoms with Gasteiger partial charge >= 0.3 is 0 Å². The molecule has 18 heavy (non-hydrogen) atoms. The predicted octanol–water partition coefficient (Wildman–Crippen LogP) is 1.01. The number of likely N-dealkylation sites (tertiary alicyclic amines) is 1. The highest BCUT2D eigenvalue weighted by Crippen LogP contribution is 2.24. The van der Waals surface area contributed by atoms with Crippen LogP contribution in [-0.2, 0) is 4.79 Å². The Morgan fingerprint density at radius 3 is 2.78 bits per heavy atom. The van der Waals surface area contributed by atoms with Crippen LogP contribution < -0.4 is 11.5 Å². The highest BCUT2D eigenvalue weighted by Gasteiger charge is 2.33. The average molecular weight is 268 g/mol. The molecule has 0 radical (unpaired) electrons. The third-order valence-corrected chi connectivity index (χ3v) is 3.32. The minimum Gasteiger partial charge on any atom is -0.398 e. The summed E-state index contributed by atoms with van der Waals surface area (Å²) < 4.78 is 0. The fourth-order valence-corrected chi connectivity index (χ4v) is 2.35. The number of amides is 2. The van der Waals surface area contributed by atoms with Crippen molar-refractivity contribution in [2.75, 3.05) is 12.3 Å². The maximum absolute atomic E-state index is 12.3. The molecular weight excluding hydrogens is 254 g/mol. The van der Waals surface area contributed by atoms with Crippen LogP contribution in [0.1, 0.15) is 23.2 Å². The summed E-state index contributed by atoms with van der Waals surface area (Å²) in [7, 11) is 0. The minimum absolute atomic E-state index is 0.295. The first-order valence-corrected chi connectivity index (χ1v) is 6.04. The minimum atomic E-state index is -0.545. The highest BCUT2D eigenvalue weighted by molar-refractivity contribution is 6.31. The Bertz CT molecular complexity index is 504. The first-order chi connectivity index (χ1) is 8.50. The van der Waals surface area contributed by atoms with Crippen molar-refractivity contribution < 1.29 is 9.59 Å². The number of halogens is 1. The average Bonchev–Trinajstić information content (AvgIpc) is 2.80. The van der Waals surface area contributed by atoms with Crippen molar-refractivity contribution in [1.82, 2.24) is 4.90 Å². The van der Waals surface area contributed by atoms with E-state index in [2.05, 4.69) is 0 Å². The Morgan fingerprint density at radius 2 is 2.11 bits per heavy atom. The first kappa shape index (κ1) is 12.7. The number of nitrogens with zero attached hydrogens (tertiary/aromatic N) is 1. The lowest BCUT2D eigenvalue weighted by molar-refractivity contribution is -0.121. The van der Waals surface area contributed by atoms with Crippen molar-refractivity contribution in [3.63, 3.8) is 0 Å². The van der Waals surface area contributed by atoms with Crippen molar-refractivity contribution in [2.24, 2.45) is 5.73 Å². The SMILES string of the molecule is NC(=O)C1CCCN1C(=O)c1cc(Cl)ccc1N. The normalized spacial score (nSPS) is 18.9. The van der Waals surface area contributed by atoms with E-state index in [0.29, 0.717) is 29.2 Å². The van der Waals surface area contributed by atoms with Gasteiger partial charge in [0.1, 0.15) is 6.04 Å². The largest absolute Gasteiger partial charge is 0.398 e. The molecule has 96 valence electrons. The van der Waals surface area contributed by atoms with E-state index in [-0.39, 0.29) is 5.91 Å². The third kappa shape index (κ3) is 2.26. The molecule has 1 aromatic carbocycles. The Morgan fingerprint density at radius 1 is 1.39 bits per heavy atom. The zero-order chi connectivity index (χ0) is 13.3. The molecule has 0 saturated carbocycles. The Balaban J connectivity index is 2.31. The van der Waals surface area contributed by atoms with Crippen LogP contribution in [-0.4, -0.2) is 29.3 Å². The number of nitrogens with two attached hydrogens (primary N) is 2. The molecule has 1 unspecified atom stereocenters. The molecule has 1 saturated heterocycles. The predicted molar refractivity (Wildman–Crippen MR) is 69.1 cm³/mol. The van der Waals surface area contributed by atoms with Crippen LogP contribution in [0.25, 0.3) is 0 Å². The fraction of sp³-hybridized carbons (Fsp3) is 0.333. The smallest absolute Gasteiger partial charge is 0.256 e. The lowest BCUT2D eigenvalue weighted by Crippen LogP contribution is -2.43. The molecule has 0 aliphatic carbocycles. The van der Waals surface area contributed by atoms with Gasteiger partial charge in [-0.3, -0.25) is 9.59 Å². The number of rotatable bonds is 2. The topological polar surface area (TPSA) is 89.4 Å². The number of hydrogen-bond donors (Lipinski definition) is 2. The van der Waals surface area contributed by atoms with E-state index in [1.807, 2.05) is 0 Å². The van der Waals surface area contributed by atoms with Crippen molar-refractivity contribution in [3.05, 3.63) is 28.8 Å². The quantitative estimate of drug-likeness (QED) is 0.784. The van der Waals surface area contributed by atoms with Crippen LogP contribution in [0.5, 0.6) is 0 Å². The molecule has 1 aromatic rings. The van der Waals surface area contributed by atoms with Gasteiger partial charge in [-0.05, 0) is 31.0 Å². The van der Waals surface area contributed by atoms with E-state index < -0.39 is 11.9 Å². The van der Waals surface area contributed by atoms with Crippen LogP contribution in [0, 0.1) is 0 Å². The lowest BCUT2D eigenvalue weighted by Gasteiger charge is -2.22. The Hall–Kier alpha value is -1.75. The van der Waals surface area contributed by atoms with Crippen molar-refractivity contribution >= 4 is 29.1 Å². The zero-order valence-electron chi connectivity index (χ0n) is 9.73. The van der Waals surface area contributed by atoms with Crippen molar-refractivity contribution in [1.29, 1.82) is 0 Å². The molecule has 2 rings (SSSR count). The first-order valence-electron chi connectivity index (χ1n) is 5.66. The Kier molecular flexibility index (Phi) is 3.43. The van der Waals surface area contributed by atoms with E-state index >= 15 is 0 Å². The van der Waals surface area contributed by atoms with Gasteiger partial charge in [-0.25, -0.2) is 0 Å². The third-order valence-electron chi connectivity index (χ3n) is 3.09. The van der Waals surface area contributed by atoms with Crippen LogP contribution in [0.2, 0.25) is 5.02 Å². The van der Waals surface area contributed by atoms with E-state index in [4.69, 9.17) is 23.1 Å². The molecular formula is C12H14ClN3O2. The molecule has 1 aliphatic heterocycles. The molecule has 1 atom stereocenters. The van der Waals surface area contributed by atoms with Gasteiger partial charge < -0.3 is 16.4 Å². The monoisotopic (exact) mass is 267 g/mol. The summed E-state index contributed by atoms with van der Waals surface area (Å²) in [6.45, 7) is 0.512. The zero-order valence-corrected chi connectivity index (χ0v) is 10.5. The van der Waals surface area contributed by atoms with Gasteiger partial charge in [0.05, 0.1) is 5.56 Å². The number of carbonyl (C=O) groups is 2. The van der Waals surface area contributed by atoms with E-state index in [9.17, 15) is 9.59 Å². The molecule has 0 aromatic heterocycles. The van der Waals surface area contributed by atoms with Gasteiger partial charge in [0.2, 0.25) is 5.91 Å². The van der Waals surface area contributed by atoms with E-state index in [0.717, 1.165) is 6.42 Å². The molecule has 5 nitrogen and oxygen atoms in total. The second-order valence-electron chi connectivity index (χ2n) is 4.29. The van der Waals surface area contributed by atoms with Crippen molar-refractivity contribution in [3.8, 4) is 0 Å². The van der Waals surface area contributed by atoms with Crippen LogP contribution in [0.4, 0.5) is 5.69 Å². The summed E-state index contributed by atoms with van der Waals surface area (Å²) in [5.74, 6) is -0.780. The Labute approximate surface area is 110 Å². The number of nitrogen functional groups attached to an aromatic ring is 1. The van der Waals surface area contributed by atoms with Gasteiger partial charge in [0.15, 0.2) is 0 Å². The van der Waals surface area contributed by atoms with Gasteiger partial charge in [-0.2, -0.15) is 0 Å². The number of benzene rings is 1. The summed E-state index contributed by atoms with van der Waals surface area (Å²) in [6, 6.07) is 4.15. The van der Waals surface area contributed by atoms with Crippen molar-refractivity contribution in [2.45, 2.75) is 18.9 Å². The lowest BCUT2D eigenvalue weighted by atomic mass is 10.1. The van der Waals surface area contributed by atoms with E-state index in [1.54, 1.807) is 12.1 Å². The summed E-state index contributed by atoms with van der Waals surface area (Å²) in [5.41, 5.74) is 11.7. The number of hydrogen-bond acceptors (Lipinski definition) is 3. The molecule has 0 spiro atoms. The summed E-state index contributed by atoms with van der Waals surface area (Å²) in [5, 5.41) is 0.433. The maximum atomic E-state index is 12.3.